The summed E-state index contributed by atoms with van der Waals surface area (Å²) in [5, 5.41) is 3.42. The molecule has 1 heterocycles. The molecule has 25 heavy (non-hydrogen) atoms. The van der Waals surface area contributed by atoms with Gasteiger partial charge >= 0.3 is 0 Å². The lowest BCUT2D eigenvalue weighted by molar-refractivity contribution is -0.130. The molecule has 0 atom stereocenters. The number of nitrogens with zero attached hydrogens (tertiary/aromatic N) is 3. The summed E-state index contributed by atoms with van der Waals surface area (Å²) in [4.78, 5) is 19.6. The van der Waals surface area contributed by atoms with Crippen LogP contribution in [0.1, 0.15) is 11.1 Å². The number of nitrogens with one attached hydrogen (secondary N) is 1. The average Bonchev–Trinajstić information content (AvgIpc) is 2.60. The molecule has 0 bridgehead atoms. The van der Waals surface area contributed by atoms with E-state index in [1.807, 2.05) is 49.3 Å². The van der Waals surface area contributed by atoms with E-state index in [2.05, 4.69) is 16.4 Å². The van der Waals surface area contributed by atoms with E-state index in [0.29, 0.717) is 13.1 Å². The fraction of sp³-hybridized carbons (Fsp3) is 0.368. The number of carbonyl (C=O) groups excluding carboxylic acids is 1. The number of pyridine rings is 1. The first kappa shape index (κ1) is 18.7. The van der Waals surface area contributed by atoms with Gasteiger partial charge < -0.3 is 19.9 Å². The summed E-state index contributed by atoms with van der Waals surface area (Å²) < 4.78 is 5.67. The van der Waals surface area contributed by atoms with Crippen molar-refractivity contribution in [1.82, 2.24) is 15.2 Å². The van der Waals surface area contributed by atoms with Gasteiger partial charge in [-0.15, -0.1) is 0 Å². The van der Waals surface area contributed by atoms with Gasteiger partial charge in [0, 0.05) is 58.6 Å². The summed E-state index contributed by atoms with van der Waals surface area (Å²) in [6.45, 7) is 1.39. The molecule has 2 rings (SSSR count). The Bertz CT molecular complexity index is 701. The standard InChI is InChI=1S/C19H26N4O2/c1-22(2)18(24)14-25-17-10-6-5-8-15(17)12-20-13-16-9-7-11-21-19(16)23(3)4/h5-11,20H,12-14H2,1-4H3. The molecular weight excluding hydrogens is 316 g/mol. The van der Waals surface area contributed by atoms with Gasteiger partial charge in [0.2, 0.25) is 0 Å². The van der Waals surface area contributed by atoms with E-state index >= 15 is 0 Å². The zero-order valence-corrected chi connectivity index (χ0v) is 15.3. The van der Waals surface area contributed by atoms with Crippen molar-refractivity contribution in [3.05, 3.63) is 53.7 Å². The molecule has 0 aliphatic heterocycles. The number of anilines is 1. The summed E-state index contributed by atoms with van der Waals surface area (Å²) in [7, 11) is 7.40. The highest BCUT2D eigenvalue weighted by molar-refractivity contribution is 5.77. The second-order valence-electron chi connectivity index (χ2n) is 6.17. The van der Waals surface area contributed by atoms with Gasteiger partial charge in [-0.3, -0.25) is 4.79 Å². The molecule has 0 radical (unpaired) electrons. The third kappa shape index (κ3) is 5.46. The molecule has 0 saturated heterocycles. The number of hydrogen-bond donors (Lipinski definition) is 1. The van der Waals surface area contributed by atoms with E-state index in [1.54, 1.807) is 20.3 Å². The normalized spacial score (nSPS) is 10.4. The number of likely N-dealkylation sites (N-methyl/N-ethyl adjacent to an activating group) is 1. The van der Waals surface area contributed by atoms with Crippen LogP contribution in [0.3, 0.4) is 0 Å². The summed E-state index contributed by atoms with van der Waals surface area (Å²) in [6, 6.07) is 11.8. The van der Waals surface area contributed by atoms with Crippen molar-refractivity contribution in [3.8, 4) is 5.75 Å². The Morgan fingerprint density at radius 2 is 1.72 bits per heavy atom. The van der Waals surface area contributed by atoms with Crippen molar-refractivity contribution < 1.29 is 9.53 Å². The third-order valence-electron chi connectivity index (χ3n) is 3.74. The quantitative estimate of drug-likeness (QED) is 0.794. The van der Waals surface area contributed by atoms with Crippen LogP contribution in [0.2, 0.25) is 0 Å². The Balaban J connectivity index is 1.96. The number of carbonyl (C=O) groups is 1. The van der Waals surface area contributed by atoms with Crippen LogP contribution >= 0.6 is 0 Å². The molecule has 6 heteroatoms. The van der Waals surface area contributed by atoms with Gasteiger partial charge in [0.25, 0.3) is 5.91 Å². The minimum absolute atomic E-state index is 0.0391. The topological polar surface area (TPSA) is 57.7 Å². The van der Waals surface area contributed by atoms with Gasteiger partial charge in [0.1, 0.15) is 11.6 Å². The highest BCUT2D eigenvalue weighted by Gasteiger charge is 2.09. The fourth-order valence-corrected chi connectivity index (χ4v) is 2.36. The van der Waals surface area contributed by atoms with Crippen molar-refractivity contribution in [3.63, 3.8) is 0 Å². The minimum atomic E-state index is -0.0613. The predicted molar refractivity (Wildman–Crippen MR) is 99.7 cm³/mol. The third-order valence-corrected chi connectivity index (χ3v) is 3.74. The Morgan fingerprint density at radius 3 is 2.44 bits per heavy atom. The van der Waals surface area contributed by atoms with Crippen molar-refractivity contribution in [2.45, 2.75) is 13.1 Å². The van der Waals surface area contributed by atoms with Gasteiger partial charge in [-0.25, -0.2) is 4.98 Å². The first-order valence-corrected chi connectivity index (χ1v) is 8.22. The Morgan fingerprint density at radius 1 is 1.04 bits per heavy atom. The van der Waals surface area contributed by atoms with E-state index in [9.17, 15) is 4.79 Å². The Labute approximate surface area is 149 Å². The van der Waals surface area contributed by atoms with Crippen molar-refractivity contribution >= 4 is 11.7 Å². The second kappa shape index (κ2) is 9.03. The van der Waals surface area contributed by atoms with Crippen LogP contribution in [-0.2, 0) is 17.9 Å². The van der Waals surface area contributed by atoms with Crippen molar-refractivity contribution in [2.75, 3.05) is 39.7 Å². The van der Waals surface area contributed by atoms with Crippen LogP contribution in [0, 0.1) is 0 Å². The zero-order valence-electron chi connectivity index (χ0n) is 15.3. The molecule has 0 fully saturated rings. The summed E-state index contributed by atoms with van der Waals surface area (Å²) in [5.74, 6) is 1.62. The smallest absolute Gasteiger partial charge is 0.259 e. The van der Waals surface area contributed by atoms with Gasteiger partial charge in [0.05, 0.1) is 0 Å². The molecule has 0 spiro atoms. The molecular formula is C19H26N4O2. The largest absolute Gasteiger partial charge is 0.483 e. The van der Waals surface area contributed by atoms with E-state index in [-0.39, 0.29) is 12.5 Å². The van der Waals surface area contributed by atoms with Gasteiger partial charge in [0.15, 0.2) is 6.61 Å². The monoisotopic (exact) mass is 342 g/mol. The average molecular weight is 342 g/mol. The van der Waals surface area contributed by atoms with Gasteiger partial charge in [-0.05, 0) is 12.1 Å². The highest BCUT2D eigenvalue weighted by Crippen LogP contribution is 2.19. The minimum Gasteiger partial charge on any atom is -0.483 e. The highest BCUT2D eigenvalue weighted by atomic mass is 16.5. The van der Waals surface area contributed by atoms with Crippen LogP contribution in [-0.4, -0.2) is 50.6 Å². The molecule has 134 valence electrons. The molecule has 1 aromatic carbocycles. The second-order valence-corrected chi connectivity index (χ2v) is 6.17. The maximum Gasteiger partial charge on any atom is 0.259 e. The molecule has 1 amide bonds. The zero-order chi connectivity index (χ0) is 18.2. The molecule has 1 aromatic heterocycles. The number of para-hydroxylation sites is 1. The summed E-state index contributed by atoms with van der Waals surface area (Å²) in [6.07, 6.45) is 1.80. The van der Waals surface area contributed by atoms with Crippen LogP contribution < -0.4 is 15.0 Å². The molecule has 6 nitrogen and oxygen atoms in total. The fourth-order valence-electron chi connectivity index (χ4n) is 2.36. The first-order chi connectivity index (χ1) is 12.0. The molecule has 1 N–H and O–H groups in total. The number of rotatable bonds is 8. The molecule has 0 aliphatic carbocycles. The summed E-state index contributed by atoms with van der Waals surface area (Å²) in [5.41, 5.74) is 2.15. The molecule has 2 aromatic rings. The van der Waals surface area contributed by atoms with Crippen LogP contribution in [0.15, 0.2) is 42.6 Å². The number of amides is 1. The van der Waals surface area contributed by atoms with Crippen molar-refractivity contribution in [1.29, 1.82) is 0 Å². The van der Waals surface area contributed by atoms with Crippen LogP contribution in [0.4, 0.5) is 5.82 Å². The maximum absolute atomic E-state index is 11.7. The van der Waals surface area contributed by atoms with E-state index in [4.69, 9.17) is 4.74 Å². The Hall–Kier alpha value is -2.60. The molecule has 0 unspecified atom stereocenters. The molecule has 0 aliphatic rings. The number of hydrogen-bond acceptors (Lipinski definition) is 5. The van der Waals surface area contributed by atoms with E-state index in [0.717, 1.165) is 22.7 Å². The van der Waals surface area contributed by atoms with Gasteiger partial charge in [-0.2, -0.15) is 0 Å². The van der Waals surface area contributed by atoms with Gasteiger partial charge in [-0.1, -0.05) is 24.3 Å². The van der Waals surface area contributed by atoms with E-state index < -0.39 is 0 Å². The number of benzene rings is 1. The van der Waals surface area contributed by atoms with Crippen LogP contribution in [0.25, 0.3) is 0 Å². The lowest BCUT2D eigenvalue weighted by Gasteiger charge is -2.17. The maximum atomic E-state index is 11.7. The number of ether oxygens (including phenoxy) is 1. The SMILES string of the molecule is CN(C)C(=O)COc1ccccc1CNCc1cccnc1N(C)C. The van der Waals surface area contributed by atoms with Crippen molar-refractivity contribution in [2.24, 2.45) is 0 Å². The van der Waals surface area contributed by atoms with Crippen LogP contribution in [0.5, 0.6) is 5.75 Å². The Kier molecular flexibility index (Phi) is 6.77. The predicted octanol–water partition coefficient (Wildman–Crippen LogP) is 1.90. The van der Waals surface area contributed by atoms with E-state index in [1.165, 1.54) is 4.90 Å². The summed E-state index contributed by atoms with van der Waals surface area (Å²) >= 11 is 0. The lowest BCUT2D eigenvalue weighted by atomic mass is 10.2. The number of aromatic nitrogens is 1. The lowest BCUT2D eigenvalue weighted by Crippen LogP contribution is -2.27. The first-order valence-electron chi connectivity index (χ1n) is 8.22. The molecule has 0 saturated carbocycles.